The molecule has 2 nitrogen and oxygen atoms in total. The number of hydrogen-bond acceptors (Lipinski definition) is 1. The van der Waals surface area contributed by atoms with Gasteiger partial charge in [0.1, 0.15) is 0 Å². The van der Waals surface area contributed by atoms with Crippen molar-refractivity contribution >= 4 is 5.84 Å². The standard InChI is InChI=1S/C11H18N2/c12-11(8-3-1-2-4-8)13-6-9-5-10(9)7-13/h8-10,12H,1-7H2. The molecular formula is C11H18N2. The molecule has 0 aromatic rings. The summed E-state index contributed by atoms with van der Waals surface area (Å²) in [6, 6.07) is 0. The molecule has 0 amide bonds. The van der Waals surface area contributed by atoms with Crippen LogP contribution < -0.4 is 0 Å². The molecule has 3 aliphatic rings. The lowest BCUT2D eigenvalue weighted by Crippen LogP contribution is -2.34. The van der Waals surface area contributed by atoms with Crippen LogP contribution in [0.25, 0.3) is 0 Å². The number of nitrogens with one attached hydrogen (secondary N) is 1. The molecule has 0 radical (unpaired) electrons. The van der Waals surface area contributed by atoms with Crippen LogP contribution in [0.15, 0.2) is 0 Å². The lowest BCUT2D eigenvalue weighted by molar-refractivity contribution is 0.426. The highest BCUT2D eigenvalue weighted by molar-refractivity contribution is 5.82. The van der Waals surface area contributed by atoms with E-state index >= 15 is 0 Å². The zero-order valence-corrected chi connectivity index (χ0v) is 8.13. The first-order valence-electron chi connectivity index (χ1n) is 5.68. The van der Waals surface area contributed by atoms with Crippen LogP contribution in [0.5, 0.6) is 0 Å². The van der Waals surface area contributed by atoms with Crippen LogP contribution in [-0.2, 0) is 0 Å². The number of fused-ring (bicyclic) bond motifs is 1. The summed E-state index contributed by atoms with van der Waals surface area (Å²) in [6.07, 6.45) is 6.73. The zero-order valence-electron chi connectivity index (χ0n) is 8.13. The Morgan fingerprint density at radius 3 is 2.31 bits per heavy atom. The van der Waals surface area contributed by atoms with E-state index in [1.165, 1.54) is 45.2 Å². The monoisotopic (exact) mass is 178 g/mol. The molecule has 0 aromatic heterocycles. The Balaban J connectivity index is 1.61. The lowest BCUT2D eigenvalue weighted by Gasteiger charge is -2.24. The minimum absolute atomic E-state index is 0.623. The number of rotatable bonds is 1. The third kappa shape index (κ3) is 1.27. The average Bonchev–Trinajstić information content (AvgIpc) is 2.63. The third-order valence-electron chi connectivity index (χ3n) is 4.06. The van der Waals surface area contributed by atoms with Crippen molar-refractivity contribution in [2.75, 3.05) is 13.1 Å². The van der Waals surface area contributed by atoms with Gasteiger partial charge in [-0.05, 0) is 31.1 Å². The summed E-state index contributed by atoms with van der Waals surface area (Å²) in [7, 11) is 0. The van der Waals surface area contributed by atoms with E-state index in [0.717, 1.165) is 17.7 Å². The Labute approximate surface area is 79.8 Å². The molecule has 13 heavy (non-hydrogen) atoms. The topological polar surface area (TPSA) is 27.1 Å². The van der Waals surface area contributed by atoms with Gasteiger partial charge in [0.15, 0.2) is 0 Å². The minimum Gasteiger partial charge on any atom is -0.360 e. The number of amidine groups is 1. The van der Waals surface area contributed by atoms with Gasteiger partial charge in [0.05, 0.1) is 5.84 Å². The highest BCUT2D eigenvalue weighted by Crippen LogP contribution is 2.45. The van der Waals surface area contributed by atoms with Crippen molar-refractivity contribution in [3.63, 3.8) is 0 Å². The Kier molecular flexibility index (Phi) is 1.64. The SMILES string of the molecule is N=C(C1CCCC1)N1CC2CC2C1. The molecule has 72 valence electrons. The van der Waals surface area contributed by atoms with E-state index in [9.17, 15) is 0 Å². The first-order chi connectivity index (χ1) is 6.34. The first-order valence-corrected chi connectivity index (χ1v) is 5.68. The number of hydrogen-bond donors (Lipinski definition) is 1. The predicted molar refractivity (Wildman–Crippen MR) is 52.9 cm³/mol. The summed E-state index contributed by atoms with van der Waals surface area (Å²) < 4.78 is 0. The quantitative estimate of drug-likeness (QED) is 0.483. The summed E-state index contributed by atoms with van der Waals surface area (Å²) in [5.41, 5.74) is 0. The molecule has 1 saturated heterocycles. The van der Waals surface area contributed by atoms with E-state index < -0.39 is 0 Å². The Hall–Kier alpha value is -0.530. The second-order valence-electron chi connectivity index (χ2n) is 5.03. The van der Waals surface area contributed by atoms with E-state index in [4.69, 9.17) is 5.41 Å². The van der Waals surface area contributed by atoms with Gasteiger partial charge < -0.3 is 4.90 Å². The van der Waals surface area contributed by atoms with Gasteiger partial charge in [-0.15, -0.1) is 0 Å². The second kappa shape index (κ2) is 2.73. The molecule has 0 aromatic carbocycles. The summed E-state index contributed by atoms with van der Waals surface area (Å²) in [4.78, 5) is 2.36. The first kappa shape index (κ1) is 7.84. The summed E-state index contributed by atoms with van der Waals surface area (Å²) in [5.74, 6) is 3.55. The largest absolute Gasteiger partial charge is 0.360 e. The molecule has 1 aliphatic heterocycles. The van der Waals surface area contributed by atoms with E-state index in [2.05, 4.69) is 4.90 Å². The maximum atomic E-state index is 8.12. The van der Waals surface area contributed by atoms with Crippen molar-refractivity contribution in [3.05, 3.63) is 0 Å². The van der Waals surface area contributed by atoms with Crippen LogP contribution in [0.3, 0.4) is 0 Å². The molecule has 1 N–H and O–H groups in total. The fourth-order valence-corrected chi connectivity index (χ4v) is 3.05. The van der Waals surface area contributed by atoms with Gasteiger partial charge in [0.2, 0.25) is 0 Å². The Bertz CT molecular complexity index is 220. The average molecular weight is 178 g/mol. The Morgan fingerprint density at radius 2 is 1.69 bits per heavy atom. The maximum Gasteiger partial charge on any atom is 0.0989 e. The van der Waals surface area contributed by atoms with Crippen molar-refractivity contribution in [1.82, 2.24) is 4.90 Å². The summed E-state index contributed by atoms with van der Waals surface area (Å²) in [6.45, 7) is 2.42. The van der Waals surface area contributed by atoms with Gasteiger partial charge in [-0.1, -0.05) is 12.8 Å². The molecule has 2 aliphatic carbocycles. The van der Waals surface area contributed by atoms with Crippen LogP contribution in [0.2, 0.25) is 0 Å². The van der Waals surface area contributed by atoms with E-state index in [-0.39, 0.29) is 0 Å². The number of piperidine rings is 1. The van der Waals surface area contributed by atoms with Crippen LogP contribution in [0.4, 0.5) is 0 Å². The molecule has 2 atom stereocenters. The fourth-order valence-electron chi connectivity index (χ4n) is 3.05. The molecular weight excluding hydrogens is 160 g/mol. The van der Waals surface area contributed by atoms with E-state index in [1.807, 2.05) is 0 Å². The van der Waals surface area contributed by atoms with Crippen LogP contribution >= 0.6 is 0 Å². The van der Waals surface area contributed by atoms with Crippen molar-refractivity contribution in [1.29, 1.82) is 5.41 Å². The van der Waals surface area contributed by atoms with Crippen molar-refractivity contribution in [3.8, 4) is 0 Å². The maximum absolute atomic E-state index is 8.12. The third-order valence-corrected chi connectivity index (χ3v) is 4.06. The summed E-state index contributed by atoms with van der Waals surface area (Å²) >= 11 is 0. The molecule has 1 heterocycles. The van der Waals surface area contributed by atoms with Gasteiger partial charge in [-0.2, -0.15) is 0 Å². The minimum atomic E-state index is 0.623. The normalized spacial score (nSPS) is 38.0. The number of nitrogens with zero attached hydrogens (tertiary/aromatic N) is 1. The highest BCUT2D eigenvalue weighted by Gasteiger charge is 2.46. The van der Waals surface area contributed by atoms with Crippen LogP contribution in [0, 0.1) is 23.2 Å². The lowest BCUT2D eigenvalue weighted by atomic mass is 10.1. The van der Waals surface area contributed by atoms with E-state index in [0.29, 0.717) is 5.92 Å². The number of likely N-dealkylation sites (tertiary alicyclic amines) is 1. The van der Waals surface area contributed by atoms with Crippen molar-refractivity contribution in [2.24, 2.45) is 17.8 Å². The van der Waals surface area contributed by atoms with Gasteiger partial charge in [-0.25, -0.2) is 0 Å². The van der Waals surface area contributed by atoms with E-state index in [1.54, 1.807) is 0 Å². The van der Waals surface area contributed by atoms with Crippen LogP contribution in [0.1, 0.15) is 32.1 Å². The molecule has 2 heteroatoms. The zero-order chi connectivity index (χ0) is 8.84. The van der Waals surface area contributed by atoms with Crippen LogP contribution in [-0.4, -0.2) is 23.8 Å². The fraction of sp³-hybridized carbons (Fsp3) is 0.909. The van der Waals surface area contributed by atoms with Crippen molar-refractivity contribution in [2.45, 2.75) is 32.1 Å². The van der Waals surface area contributed by atoms with Gasteiger partial charge >= 0.3 is 0 Å². The summed E-state index contributed by atoms with van der Waals surface area (Å²) in [5, 5.41) is 8.12. The van der Waals surface area contributed by atoms with Gasteiger partial charge in [0, 0.05) is 19.0 Å². The Morgan fingerprint density at radius 1 is 1.08 bits per heavy atom. The highest BCUT2D eigenvalue weighted by atomic mass is 15.2. The van der Waals surface area contributed by atoms with Gasteiger partial charge in [-0.3, -0.25) is 5.41 Å². The smallest absolute Gasteiger partial charge is 0.0989 e. The molecule has 3 rings (SSSR count). The molecule has 0 spiro atoms. The predicted octanol–water partition coefficient (Wildman–Crippen LogP) is 2.11. The molecule has 0 bridgehead atoms. The molecule has 3 fully saturated rings. The second-order valence-corrected chi connectivity index (χ2v) is 5.03. The van der Waals surface area contributed by atoms with Crippen molar-refractivity contribution < 1.29 is 0 Å². The molecule has 2 unspecified atom stereocenters. The molecule has 2 saturated carbocycles. The van der Waals surface area contributed by atoms with Gasteiger partial charge in [0.25, 0.3) is 0 Å².